The van der Waals surface area contributed by atoms with Crippen LogP contribution in [0.2, 0.25) is 0 Å². The Kier molecular flexibility index (Phi) is 4.83. The highest BCUT2D eigenvalue weighted by Gasteiger charge is 2.13. The molecule has 1 aliphatic heterocycles. The average molecular weight is 301 g/mol. The molecule has 0 unspecified atom stereocenters. The average Bonchev–Trinajstić information content (AvgIpc) is 2.85. The molecule has 1 fully saturated rings. The largest absolute Gasteiger partial charge is 0.379 e. The molecule has 0 bridgehead atoms. The standard InChI is InChI=1S/C7H6N2O2S2.C4H9NO/c8-13(10,11)7-9-5-3-1-2-4-6(5)12-7;1-3-6-4-2-5-1/h1-4H,(H2,8,10,11);5H,1-4H2. The van der Waals surface area contributed by atoms with E-state index in [2.05, 4.69) is 10.3 Å². The number of aromatic nitrogens is 1. The van der Waals surface area contributed by atoms with Gasteiger partial charge >= 0.3 is 0 Å². The van der Waals surface area contributed by atoms with Crippen LogP contribution in [0.1, 0.15) is 0 Å². The van der Waals surface area contributed by atoms with Crippen molar-refractivity contribution in [2.24, 2.45) is 5.14 Å². The third-order valence-corrected chi connectivity index (χ3v) is 4.72. The first-order chi connectivity index (χ1) is 9.07. The summed E-state index contributed by atoms with van der Waals surface area (Å²) in [6.07, 6.45) is 0. The molecular formula is C11H15N3O3S2. The lowest BCUT2D eigenvalue weighted by Crippen LogP contribution is -2.30. The van der Waals surface area contributed by atoms with Gasteiger partial charge in [-0.25, -0.2) is 18.5 Å². The Morgan fingerprint density at radius 1 is 1.26 bits per heavy atom. The van der Waals surface area contributed by atoms with E-state index >= 15 is 0 Å². The molecule has 1 aromatic heterocycles. The first-order valence-corrected chi connectivity index (χ1v) is 8.10. The summed E-state index contributed by atoms with van der Waals surface area (Å²) in [5.41, 5.74) is 0.663. The first kappa shape index (κ1) is 14.4. The van der Waals surface area contributed by atoms with E-state index in [1.54, 1.807) is 12.1 Å². The molecule has 0 saturated carbocycles. The summed E-state index contributed by atoms with van der Waals surface area (Å²) >= 11 is 1.08. The number of hydrogen-bond acceptors (Lipinski definition) is 6. The summed E-state index contributed by atoms with van der Waals surface area (Å²) in [7, 11) is -3.66. The predicted octanol–water partition coefficient (Wildman–Crippen LogP) is 0.550. The van der Waals surface area contributed by atoms with Crippen molar-refractivity contribution < 1.29 is 13.2 Å². The molecule has 3 rings (SSSR count). The van der Waals surface area contributed by atoms with Crippen molar-refractivity contribution in [3.63, 3.8) is 0 Å². The van der Waals surface area contributed by atoms with Gasteiger partial charge in [0.15, 0.2) is 0 Å². The Hall–Kier alpha value is -1.06. The van der Waals surface area contributed by atoms with Crippen LogP contribution in [0.5, 0.6) is 0 Å². The minimum absolute atomic E-state index is 0.0336. The van der Waals surface area contributed by atoms with E-state index in [0.29, 0.717) is 5.52 Å². The van der Waals surface area contributed by atoms with E-state index in [0.717, 1.165) is 42.3 Å². The van der Waals surface area contributed by atoms with Crippen molar-refractivity contribution in [2.45, 2.75) is 4.34 Å². The number of benzene rings is 1. The van der Waals surface area contributed by atoms with Crippen molar-refractivity contribution in [3.8, 4) is 0 Å². The molecule has 0 radical (unpaired) electrons. The van der Waals surface area contributed by atoms with Crippen molar-refractivity contribution in [2.75, 3.05) is 26.3 Å². The quantitative estimate of drug-likeness (QED) is 0.802. The lowest BCUT2D eigenvalue weighted by atomic mass is 10.3. The summed E-state index contributed by atoms with van der Waals surface area (Å²) in [6.45, 7) is 3.83. The number of nitrogens with one attached hydrogen (secondary N) is 1. The third kappa shape index (κ3) is 4.22. The topological polar surface area (TPSA) is 94.3 Å². The first-order valence-electron chi connectivity index (χ1n) is 5.74. The molecule has 3 N–H and O–H groups in total. The van der Waals surface area contributed by atoms with Crippen LogP contribution < -0.4 is 10.5 Å². The lowest BCUT2D eigenvalue weighted by Gasteiger charge is -2.10. The van der Waals surface area contributed by atoms with Crippen LogP contribution in [0.15, 0.2) is 28.6 Å². The van der Waals surface area contributed by atoms with E-state index < -0.39 is 10.0 Å². The Balaban J connectivity index is 0.000000186. The molecule has 1 aliphatic rings. The SMILES string of the molecule is C1COCCN1.NS(=O)(=O)c1nc2ccccc2s1. The van der Waals surface area contributed by atoms with Crippen LogP contribution in [0.4, 0.5) is 0 Å². The fraction of sp³-hybridized carbons (Fsp3) is 0.364. The number of rotatable bonds is 1. The zero-order valence-corrected chi connectivity index (χ0v) is 11.8. The Morgan fingerprint density at radius 3 is 2.42 bits per heavy atom. The molecule has 0 amide bonds. The van der Waals surface area contributed by atoms with E-state index in [1.807, 2.05) is 12.1 Å². The molecule has 1 saturated heterocycles. The number of thiazole rings is 1. The fourth-order valence-corrected chi connectivity index (χ4v) is 3.15. The number of hydrogen-bond donors (Lipinski definition) is 2. The number of primary sulfonamides is 1. The molecule has 2 aromatic rings. The molecule has 1 aromatic carbocycles. The second-order valence-corrected chi connectivity index (χ2v) is 6.62. The maximum absolute atomic E-state index is 10.9. The van der Waals surface area contributed by atoms with E-state index in [-0.39, 0.29) is 4.34 Å². The number of nitrogens with two attached hydrogens (primary N) is 1. The summed E-state index contributed by atoms with van der Waals surface area (Å²) in [5.74, 6) is 0. The number of ether oxygens (including phenoxy) is 1. The molecule has 8 heteroatoms. The molecule has 0 atom stereocenters. The molecule has 0 aliphatic carbocycles. The van der Waals surface area contributed by atoms with Gasteiger partial charge in [-0.1, -0.05) is 12.1 Å². The normalized spacial score (nSPS) is 15.8. The van der Waals surface area contributed by atoms with Crippen molar-refractivity contribution in [1.82, 2.24) is 10.3 Å². The number of fused-ring (bicyclic) bond motifs is 1. The van der Waals surface area contributed by atoms with Gasteiger partial charge in [-0.15, -0.1) is 11.3 Å². The van der Waals surface area contributed by atoms with Crippen LogP contribution in [0.3, 0.4) is 0 Å². The minimum Gasteiger partial charge on any atom is -0.379 e. The molecule has 0 spiro atoms. The maximum Gasteiger partial charge on any atom is 0.265 e. The molecule has 19 heavy (non-hydrogen) atoms. The van der Waals surface area contributed by atoms with Gasteiger partial charge in [0.05, 0.1) is 23.4 Å². The van der Waals surface area contributed by atoms with Crippen LogP contribution in [0.25, 0.3) is 10.2 Å². The summed E-state index contributed by atoms with van der Waals surface area (Å²) in [4.78, 5) is 3.89. The zero-order chi connectivity index (χ0) is 13.7. The van der Waals surface area contributed by atoms with Crippen molar-refractivity contribution >= 4 is 31.6 Å². The summed E-state index contributed by atoms with van der Waals surface area (Å²) in [5, 5.41) is 8.10. The number of sulfonamides is 1. The fourth-order valence-electron chi connectivity index (χ4n) is 1.49. The van der Waals surface area contributed by atoms with Crippen LogP contribution in [0, 0.1) is 0 Å². The lowest BCUT2D eigenvalue weighted by molar-refractivity contribution is 0.109. The molecular weight excluding hydrogens is 286 g/mol. The molecule has 6 nitrogen and oxygen atoms in total. The van der Waals surface area contributed by atoms with Gasteiger partial charge in [0, 0.05) is 13.1 Å². The van der Waals surface area contributed by atoms with Gasteiger partial charge in [0.1, 0.15) is 0 Å². The molecule has 2 heterocycles. The van der Waals surface area contributed by atoms with Crippen molar-refractivity contribution in [1.29, 1.82) is 0 Å². The van der Waals surface area contributed by atoms with E-state index in [4.69, 9.17) is 9.88 Å². The van der Waals surface area contributed by atoms with Gasteiger partial charge in [-0.2, -0.15) is 0 Å². The van der Waals surface area contributed by atoms with E-state index in [1.165, 1.54) is 0 Å². The highest BCUT2D eigenvalue weighted by Crippen LogP contribution is 2.23. The Labute approximate surface area is 115 Å². The van der Waals surface area contributed by atoms with E-state index in [9.17, 15) is 8.42 Å². The second-order valence-electron chi connectivity index (χ2n) is 3.85. The maximum atomic E-state index is 10.9. The third-order valence-electron chi connectivity index (χ3n) is 2.36. The van der Waals surface area contributed by atoms with Crippen LogP contribution in [-0.4, -0.2) is 39.7 Å². The summed E-state index contributed by atoms with van der Waals surface area (Å²) in [6, 6.07) is 7.19. The van der Waals surface area contributed by atoms with Gasteiger partial charge in [-0.3, -0.25) is 0 Å². The van der Waals surface area contributed by atoms with Gasteiger partial charge in [-0.05, 0) is 12.1 Å². The van der Waals surface area contributed by atoms with Gasteiger partial charge < -0.3 is 10.1 Å². The van der Waals surface area contributed by atoms with Gasteiger partial charge in [0.25, 0.3) is 10.0 Å². The monoisotopic (exact) mass is 301 g/mol. The predicted molar refractivity (Wildman–Crippen MR) is 74.7 cm³/mol. The molecule has 104 valence electrons. The number of morpholine rings is 1. The van der Waals surface area contributed by atoms with Gasteiger partial charge in [0.2, 0.25) is 4.34 Å². The van der Waals surface area contributed by atoms with Crippen LogP contribution in [-0.2, 0) is 14.8 Å². The highest BCUT2D eigenvalue weighted by atomic mass is 32.2. The van der Waals surface area contributed by atoms with Crippen molar-refractivity contribution in [3.05, 3.63) is 24.3 Å². The minimum atomic E-state index is -3.66. The van der Waals surface area contributed by atoms with Crippen LogP contribution >= 0.6 is 11.3 Å². The smallest absolute Gasteiger partial charge is 0.265 e. The number of nitrogens with zero attached hydrogens (tertiary/aromatic N) is 1. The Morgan fingerprint density at radius 2 is 1.95 bits per heavy atom. The second kappa shape index (κ2) is 6.40. The Bertz CT molecular complexity index is 591. The summed E-state index contributed by atoms with van der Waals surface area (Å²) < 4.78 is 27.7. The highest BCUT2D eigenvalue weighted by molar-refractivity contribution is 7.91. The number of para-hydroxylation sites is 1. The zero-order valence-electron chi connectivity index (χ0n) is 10.2.